The van der Waals surface area contributed by atoms with Gasteiger partial charge in [-0.05, 0) is 99.2 Å². The van der Waals surface area contributed by atoms with Gasteiger partial charge in [-0.15, -0.1) is 0 Å². The normalized spacial score (nSPS) is 11.7. The standard InChI is InChI=1S/C36H40N4/c1-25-17-27(3)31(28(4)18-25)21-39-23-37(33-11-7-9-13-35(33)39)15-16-38-24-40(36-14-10-8-12-34(36)38)22-32-29(5)19-26(2)20-30(32)6/h7-14,17-20,23-24H,15-16,21-22H2,1-6H3/q+2. The van der Waals surface area contributed by atoms with Gasteiger partial charge in [-0.1, -0.05) is 59.7 Å². The van der Waals surface area contributed by atoms with E-state index in [4.69, 9.17) is 0 Å². The Hall–Kier alpha value is -4.18. The molecule has 6 rings (SSSR count). The Bertz CT molecular complexity index is 1680. The SMILES string of the molecule is Cc1cc(C)c(C[n+]2cn(CCn3c[n+](Cc4c(C)cc(C)cc4C)c4ccccc43)c3ccccc32)c(C)c1. The van der Waals surface area contributed by atoms with Crippen LogP contribution in [0, 0.1) is 41.5 Å². The van der Waals surface area contributed by atoms with Gasteiger partial charge in [0.05, 0.1) is 0 Å². The van der Waals surface area contributed by atoms with Gasteiger partial charge in [0.2, 0.25) is 12.7 Å². The Labute approximate surface area is 237 Å². The van der Waals surface area contributed by atoms with E-state index in [1.807, 2.05) is 0 Å². The molecule has 0 spiro atoms. The zero-order valence-corrected chi connectivity index (χ0v) is 24.7. The van der Waals surface area contributed by atoms with Gasteiger partial charge in [0.15, 0.2) is 22.1 Å². The molecule has 0 unspecified atom stereocenters. The highest BCUT2D eigenvalue weighted by Crippen LogP contribution is 2.20. The van der Waals surface area contributed by atoms with Crippen LogP contribution in [0.5, 0.6) is 0 Å². The summed E-state index contributed by atoms with van der Waals surface area (Å²) in [4.78, 5) is 0. The number of para-hydroxylation sites is 4. The van der Waals surface area contributed by atoms with Gasteiger partial charge in [-0.25, -0.2) is 18.3 Å². The maximum Gasteiger partial charge on any atom is 0.245 e. The predicted molar refractivity (Wildman–Crippen MR) is 164 cm³/mol. The minimum Gasteiger partial charge on any atom is -0.226 e. The first-order chi connectivity index (χ1) is 19.3. The van der Waals surface area contributed by atoms with Crippen molar-refractivity contribution in [2.45, 2.75) is 67.7 Å². The number of rotatable bonds is 7. The molecule has 4 aromatic carbocycles. The third kappa shape index (κ3) is 4.83. The number of fused-ring (bicyclic) bond motifs is 2. The van der Waals surface area contributed by atoms with Crippen LogP contribution in [0.15, 0.2) is 85.5 Å². The lowest BCUT2D eigenvalue weighted by Crippen LogP contribution is -2.34. The number of aryl methyl sites for hydroxylation is 8. The monoisotopic (exact) mass is 528 g/mol. The molecule has 0 aliphatic heterocycles. The number of benzene rings is 4. The van der Waals surface area contributed by atoms with Crippen molar-refractivity contribution in [3.8, 4) is 0 Å². The second-order valence-electron chi connectivity index (χ2n) is 11.6. The summed E-state index contributed by atoms with van der Waals surface area (Å²) in [5, 5.41) is 0. The molecule has 0 amide bonds. The highest BCUT2D eigenvalue weighted by molar-refractivity contribution is 5.72. The first kappa shape index (κ1) is 26.1. The van der Waals surface area contributed by atoms with E-state index in [2.05, 4.69) is 145 Å². The number of imidazole rings is 2. The molecule has 0 aliphatic carbocycles. The van der Waals surface area contributed by atoms with E-state index in [9.17, 15) is 0 Å². The Morgan fingerprint density at radius 2 is 0.850 bits per heavy atom. The maximum atomic E-state index is 2.42. The van der Waals surface area contributed by atoms with Crippen molar-refractivity contribution >= 4 is 22.1 Å². The smallest absolute Gasteiger partial charge is 0.226 e. The molecule has 0 fully saturated rings. The largest absolute Gasteiger partial charge is 0.245 e. The molecule has 0 saturated heterocycles. The van der Waals surface area contributed by atoms with Gasteiger partial charge < -0.3 is 0 Å². The van der Waals surface area contributed by atoms with Crippen molar-refractivity contribution in [3.63, 3.8) is 0 Å². The topological polar surface area (TPSA) is 17.6 Å². The Morgan fingerprint density at radius 3 is 1.23 bits per heavy atom. The first-order valence-corrected chi connectivity index (χ1v) is 14.4. The summed E-state index contributed by atoms with van der Waals surface area (Å²) >= 11 is 0. The van der Waals surface area contributed by atoms with Gasteiger partial charge in [-0.2, -0.15) is 0 Å². The van der Waals surface area contributed by atoms with E-state index >= 15 is 0 Å². The van der Waals surface area contributed by atoms with Crippen LogP contribution in [-0.4, -0.2) is 9.13 Å². The molecule has 0 bridgehead atoms. The van der Waals surface area contributed by atoms with Gasteiger partial charge in [0, 0.05) is 0 Å². The van der Waals surface area contributed by atoms with Crippen LogP contribution in [0.3, 0.4) is 0 Å². The summed E-state index contributed by atoms with van der Waals surface area (Å²) in [5.74, 6) is 0. The minimum atomic E-state index is 0.882. The van der Waals surface area contributed by atoms with E-state index in [0.717, 1.165) is 26.2 Å². The summed E-state index contributed by atoms with van der Waals surface area (Å²) in [7, 11) is 0. The molecule has 40 heavy (non-hydrogen) atoms. The number of aromatic nitrogens is 4. The molecule has 202 valence electrons. The van der Waals surface area contributed by atoms with Gasteiger partial charge in [-0.3, -0.25) is 0 Å². The molecular formula is C36H40N4+2. The van der Waals surface area contributed by atoms with Crippen molar-refractivity contribution in [1.82, 2.24) is 9.13 Å². The number of hydrogen-bond donors (Lipinski definition) is 0. The third-order valence-corrected chi connectivity index (χ3v) is 8.48. The Balaban J connectivity index is 1.32. The lowest BCUT2D eigenvalue weighted by atomic mass is 10.00. The number of hydrogen-bond acceptors (Lipinski definition) is 0. The highest BCUT2D eigenvalue weighted by atomic mass is 15.2. The molecule has 6 aromatic rings. The fourth-order valence-corrected chi connectivity index (χ4v) is 6.57. The predicted octanol–water partition coefficient (Wildman–Crippen LogP) is 6.82. The zero-order chi connectivity index (χ0) is 28.0. The zero-order valence-electron chi connectivity index (χ0n) is 24.7. The fourth-order valence-electron chi connectivity index (χ4n) is 6.57. The van der Waals surface area contributed by atoms with Crippen molar-refractivity contribution < 1.29 is 9.13 Å². The van der Waals surface area contributed by atoms with Crippen molar-refractivity contribution in [1.29, 1.82) is 0 Å². The summed E-state index contributed by atoms with van der Waals surface area (Å²) < 4.78 is 9.66. The summed E-state index contributed by atoms with van der Waals surface area (Å²) in [5.41, 5.74) is 16.1. The summed E-state index contributed by atoms with van der Waals surface area (Å²) in [6.45, 7) is 16.9. The van der Waals surface area contributed by atoms with E-state index < -0.39 is 0 Å². The molecule has 0 N–H and O–H groups in total. The molecule has 0 radical (unpaired) electrons. The lowest BCUT2D eigenvalue weighted by molar-refractivity contribution is -0.663. The maximum absolute atomic E-state index is 2.42. The molecule has 0 aliphatic rings. The average Bonchev–Trinajstić information content (AvgIpc) is 3.45. The van der Waals surface area contributed by atoms with Crippen LogP contribution in [-0.2, 0) is 26.2 Å². The first-order valence-electron chi connectivity index (χ1n) is 14.4. The van der Waals surface area contributed by atoms with Crippen LogP contribution in [0.25, 0.3) is 22.1 Å². The molecule has 0 saturated carbocycles. The summed E-state index contributed by atoms with van der Waals surface area (Å²) in [6.07, 6.45) is 4.62. The van der Waals surface area contributed by atoms with Crippen LogP contribution in [0.1, 0.15) is 44.5 Å². The average molecular weight is 529 g/mol. The van der Waals surface area contributed by atoms with Crippen LogP contribution in [0.4, 0.5) is 0 Å². The van der Waals surface area contributed by atoms with E-state index in [1.165, 1.54) is 66.6 Å². The van der Waals surface area contributed by atoms with Gasteiger partial charge >= 0.3 is 0 Å². The highest BCUT2D eigenvalue weighted by Gasteiger charge is 2.21. The van der Waals surface area contributed by atoms with Crippen LogP contribution < -0.4 is 9.13 Å². The third-order valence-electron chi connectivity index (χ3n) is 8.48. The second-order valence-corrected chi connectivity index (χ2v) is 11.6. The molecular weight excluding hydrogens is 488 g/mol. The van der Waals surface area contributed by atoms with Gasteiger partial charge in [0.25, 0.3) is 0 Å². The van der Waals surface area contributed by atoms with Crippen molar-refractivity contribution in [2.75, 3.05) is 0 Å². The summed E-state index contributed by atoms with van der Waals surface area (Å²) in [6, 6.07) is 26.8. The quantitative estimate of drug-likeness (QED) is 0.202. The van der Waals surface area contributed by atoms with E-state index in [-0.39, 0.29) is 0 Å². The van der Waals surface area contributed by atoms with Crippen LogP contribution >= 0.6 is 0 Å². The van der Waals surface area contributed by atoms with E-state index in [0.29, 0.717) is 0 Å². The van der Waals surface area contributed by atoms with Crippen molar-refractivity contribution in [2.24, 2.45) is 0 Å². The second kappa shape index (κ2) is 10.4. The van der Waals surface area contributed by atoms with E-state index in [1.54, 1.807) is 0 Å². The molecule has 4 heteroatoms. The molecule has 0 atom stereocenters. The fraction of sp³-hybridized carbons (Fsp3) is 0.278. The van der Waals surface area contributed by atoms with Crippen LogP contribution in [0.2, 0.25) is 0 Å². The van der Waals surface area contributed by atoms with Gasteiger partial charge in [0.1, 0.15) is 26.2 Å². The Morgan fingerprint density at radius 1 is 0.500 bits per heavy atom. The number of nitrogens with zero attached hydrogens (tertiary/aromatic N) is 4. The molecule has 2 heterocycles. The Kier molecular flexibility index (Phi) is 6.79. The minimum absolute atomic E-state index is 0.882. The molecule has 4 nitrogen and oxygen atoms in total. The lowest BCUT2D eigenvalue weighted by Gasteiger charge is -2.09. The van der Waals surface area contributed by atoms with Crippen molar-refractivity contribution in [3.05, 3.63) is 130 Å². The molecule has 2 aromatic heterocycles.